The van der Waals surface area contributed by atoms with Crippen LogP contribution in [0.15, 0.2) is 24.3 Å². The maximum Gasteiger partial charge on any atom is 0.416 e. The van der Waals surface area contributed by atoms with Crippen LogP contribution in [-0.2, 0) is 11.0 Å². The van der Waals surface area contributed by atoms with Crippen LogP contribution in [0.4, 0.5) is 18.9 Å². The summed E-state index contributed by atoms with van der Waals surface area (Å²) in [5.41, 5.74) is -0.807. The summed E-state index contributed by atoms with van der Waals surface area (Å²) in [6.45, 7) is 7.01. The smallest absolute Gasteiger partial charge is 0.375 e. The lowest BCUT2D eigenvalue weighted by Gasteiger charge is -2.30. The van der Waals surface area contributed by atoms with E-state index in [0.717, 1.165) is 12.1 Å². The van der Waals surface area contributed by atoms with Gasteiger partial charge < -0.3 is 5.32 Å². The van der Waals surface area contributed by atoms with E-state index in [4.69, 9.17) is 0 Å². The second kappa shape index (κ2) is 5.23. The lowest BCUT2D eigenvalue weighted by molar-refractivity contribution is -0.137. The summed E-state index contributed by atoms with van der Waals surface area (Å²) in [7, 11) is 0. The highest BCUT2D eigenvalue weighted by Crippen LogP contribution is 2.31. The maximum absolute atomic E-state index is 12.6. The van der Waals surface area contributed by atoms with Crippen molar-refractivity contribution in [2.24, 2.45) is 5.41 Å². The fourth-order valence-electron chi connectivity index (χ4n) is 1.88. The molecule has 1 atom stereocenters. The Hall–Kier alpha value is -1.52. The van der Waals surface area contributed by atoms with Crippen LogP contribution in [0, 0.1) is 5.41 Å². The number of halogens is 3. The molecule has 1 rings (SSSR count). The van der Waals surface area contributed by atoms with Crippen LogP contribution in [0.2, 0.25) is 0 Å². The number of alkyl halides is 3. The number of anilines is 1. The predicted molar refractivity (Wildman–Crippen MR) is 69.0 cm³/mol. The van der Waals surface area contributed by atoms with Gasteiger partial charge in [0.05, 0.1) is 11.6 Å². The number of hydrogen-bond donors (Lipinski definition) is 1. The molecular formula is C14H18F3NO. The summed E-state index contributed by atoms with van der Waals surface area (Å²) in [5.74, 6) is -0.107. The van der Waals surface area contributed by atoms with E-state index in [0.29, 0.717) is 5.69 Å². The van der Waals surface area contributed by atoms with Crippen molar-refractivity contribution < 1.29 is 18.0 Å². The van der Waals surface area contributed by atoms with Crippen molar-refractivity contribution in [3.05, 3.63) is 29.8 Å². The van der Waals surface area contributed by atoms with Gasteiger partial charge in [-0.15, -0.1) is 0 Å². The molecule has 0 saturated heterocycles. The monoisotopic (exact) mass is 273 g/mol. The highest BCUT2D eigenvalue weighted by molar-refractivity contribution is 5.85. The minimum Gasteiger partial charge on any atom is -0.375 e. The molecular weight excluding hydrogens is 255 g/mol. The van der Waals surface area contributed by atoms with Crippen molar-refractivity contribution in [3.8, 4) is 0 Å². The molecule has 0 heterocycles. The summed E-state index contributed by atoms with van der Waals surface area (Å²) in [4.78, 5) is 11.6. The third-order valence-electron chi connectivity index (χ3n) is 2.77. The van der Waals surface area contributed by atoms with Gasteiger partial charge in [-0.05, 0) is 30.5 Å². The van der Waals surface area contributed by atoms with Gasteiger partial charge in [-0.25, -0.2) is 0 Å². The fraction of sp³-hybridized carbons (Fsp3) is 0.500. The zero-order chi connectivity index (χ0) is 14.8. The first kappa shape index (κ1) is 15.5. The molecule has 2 nitrogen and oxygen atoms in total. The van der Waals surface area contributed by atoms with Crippen molar-refractivity contribution in [1.29, 1.82) is 0 Å². The SMILES string of the molecule is CC(=O)C(Nc1cccc(C(F)(F)F)c1)C(C)(C)C. The van der Waals surface area contributed by atoms with Crippen LogP contribution in [0.1, 0.15) is 33.3 Å². The minimum absolute atomic E-state index is 0.107. The highest BCUT2D eigenvalue weighted by Gasteiger charge is 2.32. The van der Waals surface area contributed by atoms with Gasteiger partial charge in [0, 0.05) is 5.69 Å². The fourth-order valence-corrected chi connectivity index (χ4v) is 1.88. The Bertz CT molecular complexity index is 460. The lowest BCUT2D eigenvalue weighted by atomic mass is 9.84. The number of ketones is 1. The second-order valence-corrected chi connectivity index (χ2v) is 5.63. The molecule has 0 aromatic heterocycles. The van der Waals surface area contributed by atoms with Crippen molar-refractivity contribution in [1.82, 2.24) is 0 Å². The van der Waals surface area contributed by atoms with E-state index in [1.165, 1.54) is 19.1 Å². The number of benzene rings is 1. The quantitative estimate of drug-likeness (QED) is 0.897. The van der Waals surface area contributed by atoms with E-state index < -0.39 is 17.8 Å². The Morgan fingerprint density at radius 1 is 1.21 bits per heavy atom. The number of Topliss-reactive ketones (excluding diaryl/α,β-unsaturated/α-hetero) is 1. The van der Waals surface area contributed by atoms with Crippen molar-refractivity contribution >= 4 is 11.5 Å². The molecule has 0 aliphatic carbocycles. The van der Waals surface area contributed by atoms with Crippen LogP contribution < -0.4 is 5.32 Å². The molecule has 1 N–H and O–H groups in total. The Labute approximate surface area is 111 Å². The Balaban J connectivity index is 3.02. The average Bonchev–Trinajstić information content (AvgIpc) is 2.23. The molecule has 19 heavy (non-hydrogen) atoms. The molecule has 1 unspecified atom stereocenters. The summed E-state index contributed by atoms with van der Waals surface area (Å²) < 4.78 is 37.8. The standard InChI is InChI=1S/C14H18F3NO/c1-9(19)12(13(2,3)4)18-11-7-5-6-10(8-11)14(15,16)17/h5-8,12,18H,1-4H3. The van der Waals surface area contributed by atoms with E-state index in [1.807, 2.05) is 20.8 Å². The molecule has 0 aliphatic rings. The normalized spacial score (nSPS) is 14.1. The number of hydrogen-bond acceptors (Lipinski definition) is 2. The third kappa shape index (κ3) is 4.26. The van der Waals surface area contributed by atoms with E-state index in [9.17, 15) is 18.0 Å². The Kier molecular flexibility index (Phi) is 4.28. The molecule has 0 saturated carbocycles. The zero-order valence-corrected chi connectivity index (χ0v) is 11.4. The van der Waals surface area contributed by atoms with Crippen LogP contribution in [0.3, 0.4) is 0 Å². The van der Waals surface area contributed by atoms with Gasteiger partial charge in [0.2, 0.25) is 0 Å². The van der Waals surface area contributed by atoms with E-state index in [-0.39, 0.29) is 11.2 Å². The predicted octanol–water partition coefficient (Wildman–Crippen LogP) is 4.12. The second-order valence-electron chi connectivity index (χ2n) is 5.63. The number of nitrogens with one attached hydrogen (secondary N) is 1. The summed E-state index contributed by atoms with van der Waals surface area (Å²) in [6.07, 6.45) is -4.38. The van der Waals surface area contributed by atoms with Gasteiger partial charge in [-0.1, -0.05) is 26.8 Å². The van der Waals surface area contributed by atoms with Crippen LogP contribution >= 0.6 is 0 Å². The Morgan fingerprint density at radius 2 is 1.79 bits per heavy atom. The maximum atomic E-state index is 12.6. The molecule has 0 amide bonds. The number of rotatable bonds is 3. The van der Waals surface area contributed by atoms with Gasteiger partial charge in [0.1, 0.15) is 0 Å². The zero-order valence-electron chi connectivity index (χ0n) is 11.4. The van der Waals surface area contributed by atoms with Crippen molar-refractivity contribution in [2.45, 2.75) is 39.9 Å². The summed E-state index contributed by atoms with van der Waals surface area (Å²) >= 11 is 0. The van der Waals surface area contributed by atoms with Crippen molar-refractivity contribution in [3.63, 3.8) is 0 Å². The van der Waals surface area contributed by atoms with Crippen LogP contribution in [-0.4, -0.2) is 11.8 Å². The first-order valence-electron chi connectivity index (χ1n) is 5.96. The molecule has 1 aromatic carbocycles. The third-order valence-corrected chi connectivity index (χ3v) is 2.77. The first-order valence-corrected chi connectivity index (χ1v) is 5.96. The summed E-state index contributed by atoms with van der Waals surface area (Å²) in [6, 6.07) is 4.34. The van der Waals surface area contributed by atoms with E-state index in [2.05, 4.69) is 5.32 Å². The topological polar surface area (TPSA) is 29.1 Å². The van der Waals surface area contributed by atoms with Gasteiger partial charge in [0.15, 0.2) is 5.78 Å². The first-order chi connectivity index (χ1) is 8.51. The molecule has 106 valence electrons. The highest BCUT2D eigenvalue weighted by atomic mass is 19.4. The Morgan fingerprint density at radius 3 is 2.21 bits per heavy atom. The minimum atomic E-state index is -4.38. The molecule has 1 aromatic rings. The van der Waals surface area contributed by atoms with Crippen LogP contribution in [0.25, 0.3) is 0 Å². The van der Waals surface area contributed by atoms with Crippen LogP contribution in [0.5, 0.6) is 0 Å². The molecule has 0 radical (unpaired) electrons. The molecule has 0 aliphatic heterocycles. The van der Waals surface area contributed by atoms with Gasteiger partial charge >= 0.3 is 6.18 Å². The average molecular weight is 273 g/mol. The molecule has 0 bridgehead atoms. The number of carbonyl (C=O) groups is 1. The summed E-state index contributed by atoms with van der Waals surface area (Å²) in [5, 5.41) is 2.88. The molecule has 0 spiro atoms. The lowest BCUT2D eigenvalue weighted by Crippen LogP contribution is -2.39. The number of carbonyl (C=O) groups excluding carboxylic acids is 1. The molecule has 0 fully saturated rings. The van der Waals surface area contributed by atoms with Gasteiger partial charge in [-0.2, -0.15) is 13.2 Å². The van der Waals surface area contributed by atoms with E-state index in [1.54, 1.807) is 0 Å². The van der Waals surface area contributed by atoms with E-state index >= 15 is 0 Å². The molecule has 5 heteroatoms. The van der Waals surface area contributed by atoms with Gasteiger partial charge in [-0.3, -0.25) is 4.79 Å². The largest absolute Gasteiger partial charge is 0.416 e. The van der Waals surface area contributed by atoms with Crippen molar-refractivity contribution in [2.75, 3.05) is 5.32 Å². The van der Waals surface area contributed by atoms with Gasteiger partial charge in [0.25, 0.3) is 0 Å².